The number of Topliss-reactive ketones (excluding diaryl/α,β-unsaturated/α-hetero) is 1. The summed E-state index contributed by atoms with van der Waals surface area (Å²) in [7, 11) is 0. The number of nitrogens with zero attached hydrogens (tertiary/aromatic N) is 1. The van der Waals surface area contributed by atoms with Crippen LogP contribution in [0.25, 0.3) is 0 Å². The first-order valence-corrected chi connectivity index (χ1v) is 4.81. The molecule has 6 heteroatoms. The molecule has 15 heavy (non-hydrogen) atoms. The van der Waals surface area contributed by atoms with Gasteiger partial charge in [-0.1, -0.05) is 34.8 Å². The molecule has 78 valence electrons. The van der Waals surface area contributed by atoms with Gasteiger partial charge in [-0.2, -0.15) is 5.26 Å². The van der Waals surface area contributed by atoms with E-state index >= 15 is 0 Å². The molecule has 0 amide bonds. The number of hydrogen-bond donors (Lipinski definition) is 0. The molecule has 1 aromatic carbocycles. The van der Waals surface area contributed by atoms with Crippen molar-refractivity contribution >= 4 is 40.6 Å². The Morgan fingerprint density at radius 3 is 2.40 bits per heavy atom. The minimum absolute atomic E-state index is 0.0912. The summed E-state index contributed by atoms with van der Waals surface area (Å²) in [5, 5.41) is 8.45. The Bertz CT molecular complexity index is 448. The van der Waals surface area contributed by atoms with Crippen molar-refractivity contribution < 1.29 is 9.18 Å². The molecule has 0 spiro atoms. The zero-order chi connectivity index (χ0) is 11.6. The summed E-state index contributed by atoms with van der Waals surface area (Å²) in [6.45, 7) is 0. The first kappa shape index (κ1) is 12.3. The number of hydrogen-bond acceptors (Lipinski definition) is 2. The van der Waals surface area contributed by atoms with Crippen molar-refractivity contribution in [2.45, 2.75) is 3.79 Å². The van der Waals surface area contributed by atoms with Gasteiger partial charge >= 0.3 is 0 Å². The summed E-state index contributed by atoms with van der Waals surface area (Å²) in [5.41, 5.74) is -0.262. The lowest BCUT2D eigenvalue weighted by atomic mass is 10.1. The van der Waals surface area contributed by atoms with E-state index in [9.17, 15) is 9.18 Å². The second kappa shape index (κ2) is 4.36. The van der Waals surface area contributed by atoms with Gasteiger partial charge in [0.25, 0.3) is 3.79 Å². The summed E-state index contributed by atoms with van der Waals surface area (Å²) >= 11 is 16.0. The molecule has 0 heterocycles. The second-order valence-corrected chi connectivity index (χ2v) is 4.91. The zero-order valence-electron chi connectivity index (χ0n) is 7.10. The third-order valence-corrected chi connectivity index (χ3v) is 2.12. The zero-order valence-corrected chi connectivity index (χ0v) is 9.37. The lowest BCUT2D eigenvalue weighted by molar-refractivity contribution is 0.0996. The largest absolute Gasteiger partial charge is 0.289 e. The number of halogens is 4. The number of carbonyl (C=O) groups is 1. The molecule has 1 rings (SSSR count). The highest BCUT2D eigenvalue weighted by Gasteiger charge is 2.31. The number of benzene rings is 1. The number of nitriles is 1. The van der Waals surface area contributed by atoms with Gasteiger partial charge < -0.3 is 0 Å². The van der Waals surface area contributed by atoms with Crippen LogP contribution < -0.4 is 0 Å². The lowest BCUT2D eigenvalue weighted by Gasteiger charge is -2.09. The molecule has 0 aliphatic heterocycles. The Balaban J connectivity index is 3.15. The van der Waals surface area contributed by atoms with Crippen molar-refractivity contribution in [1.29, 1.82) is 5.26 Å². The summed E-state index contributed by atoms with van der Waals surface area (Å²) in [5.74, 6) is -1.66. The number of rotatable bonds is 1. The molecule has 0 bridgehead atoms. The molecule has 1 aromatic rings. The Morgan fingerprint density at radius 1 is 1.40 bits per heavy atom. The third kappa shape index (κ3) is 2.82. The van der Waals surface area contributed by atoms with Gasteiger partial charge in [0.1, 0.15) is 11.9 Å². The van der Waals surface area contributed by atoms with Gasteiger partial charge in [0.15, 0.2) is 0 Å². The van der Waals surface area contributed by atoms with E-state index < -0.39 is 15.4 Å². The first-order chi connectivity index (χ1) is 6.86. The van der Waals surface area contributed by atoms with E-state index in [2.05, 4.69) is 0 Å². The SMILES string of the molecule is N#Cc1ccc(C(=O)C(Cl)(Cl)Cl)cc1F. The van der Waals surface area contributed by atoms with Crippen LogP contribution in [-0.4, -0.2) is 9.58 Å². The number of ketones is 1. The molecule has 0 radical (unpaired) electrons. The third-order valence-electron chi connectivity index (χ3n) is 1.61. The molecule has 0 aliphatic carbocycles. The van der Waals surface area contributed by atoms with E-state index in [-0.39, 0.29) is 11.1 Å². The predicted octanol–water partition coefficient (Wildman–Crippen LogP) is 3.25. The minimum Gasteiger partial charge on any atom is -0.289 e. The molecule has 0 saturated heterocycles. The fourth-order valence-corrected chi connectivity index (χ4v) is 1.24. The van der Waals surface area contributed by atoms with Gasteiger partial charge in [-0.05, 0) is 18.2 Å². The molecule has 0 aromatic heterocycles. The fraction of sp³-hybridized carbons (Fsp3) is 0.111. The van der Waals surface area contributed by atoms with Crippen molar-refractivity contribution in [3.63, 3.8) is 0 Å². The Labute approximate surface area is 100 Å². The normalized spacial score (nSPS) is 10.9. The average molecular weight is 266 g/mol. The van der Waals surface area contributed by atoms with Crippen LogP contribution in [0.5, 0.6) is 0 Å². The molecule has 0 fully saturated rings. The highest BCUT2D eigenvalue weighted by atomic mass is 35.6. The Morgan fingerprint density at radius 2 is 2.00 bits per heavy atom. The van der Waals surface area contributed by atoms with Crippen molar-refractivity contribution in [1.82, 2.24) is 0 Å². The second-order valence-electron chi connectivity index (χ2n) is 2.63. The standard InChI is InChI=1S/C9H3Cl3FNO/c10-9(11,12)8(15)5-1-2-6(4-14)7(13)3-5/h1-3H. The fourth-order valence-electron chi connectivity index (χ4n) is 0.911. The summed E-state index contributed by atoms with van der Waals surface area (Å²) in [4.78, 5) is 11.4. The van der Waals surface area contributed by atoms with Crippen molar-refractivity contribution in [2.24, 2.45) is 0 Å². The van der Waals surface area contributed by atoms with Gasteiger partial charge in [0.05, 0.1) is 5.56 Å². The Kier molecular flexibility index (Phi) is 3.56. The molecule has 0 unspecified atom stereocenters. The Hall–Kier alpha value is -0.820. The number of alkyl halides is 3. The van der Waals surface area contributed by atoms with E-state index in [0.29, 0.717) is 0 Å². The van der Waals surface area contributed by atoms with Crippen LogP contribution in [0.3, 0.4) is 0 Å². The van der Waals surface area contributed by atoms with Gasteiger partial charge in [0, 0.05) is 5.56 Å². The smallest absolute Gasteiger partial charge is 0.253 e. The molecule has 2 nitrogen and oxygen atoms in total. The van der Waals surface area contributed by atoms with Crippen LogP contribution in [0.1, 0.15) is 15.9 Å². The van der Waals surface area contributed by atoms with Crippen LogP contribution in [0.2, 0.25) is 0 Å². The van der Waals surface area contributed by atoms with E-state index in [1.165, 1.54) is 6.07 Å². The van der Waals surface area contributed by atoms with Crippen LogP contribution in [0.4, 0.5) is 4.39 Å². The van der Waals surface area contributed by atoms with E-state index in [1.54, 1.807) is 6.07 Å². The number of carbonyl (C=O) groups excluding carboxylic acids is 1. The van der Waals surface area contributed by atoms with E-state index in [0.717, 1.165) is 12.1 Å². The van der Waals surface area contributed by atoms with Gasteiger partial charge in [-0.3, -0.25) is 4.79 Å². The van der Waals surface area contributed by atoms with Crippen molar-refractivity contribution in [3.05, 3.63) is 35.1 Å². The van der Waals surface area contributed by atoms with Gasteiger partial charge in [-0.25, -0.2) is 4.39 Å². The first-order valence-electron chi connectivity index (χ1n) is 3.67. The predicted molar refractivity (Wildman–Crippen MR) is 55.7 cm³/mol. The van der Waals surface area contributed by atoms with Crippen LogP contribution in [-0.2, 0) is 0 Å². The maximum Gasteiger partial charge on any atom is 0.253 e. The quantitative estimate of drug-likeness (QED) is 0.578. The highest BCUT2D eigenvalue weighted by molar-refractivity contribution is 6.77. The topological polar surface area (TPSA) is 40.9 Å². The molecular formula is C9H3Cl3FNO. The van der Waals surface area contributed by atoms with Crippen LogP contribution in [0.15, 0.2) is 18.2 Å². The molecular weight excluding hydrogens is 263 g/mol. The van der Waals surface area contributed by atoms with Crippen LogP contribution >= 0.6 is 34.8 Å². The maximum absolute atomic E-state index is 13.1. The lowest BCUT2D eigenvalue weighted by Crippen LogP contribution is -2.19. The summed E-state index contributed by atoms with van der Waals surface area (Å²) in [6.07, 6.45) is 0. The van der Waals surface area contributed by atoms with E-state index in [1.807, 2.05) is 0 Å². The summed E-state index contributed by atoms with van der Waals surface area (Å²) < 4.78 is 11.0. The molecule has 0 atom stereocenters. The maximum atomic E-state index is 13.1. The van der Waals surface area contributed by atoms with Crippen LogP contribution in [0, 0.1) is 17.1 Å². The van der Waals surface area contributed by atoms with Crippen molar-refractivity contribution in [2.75, 3.05) is 0 Å². The molecule has 0 N–H and O–H groups in total. The van der Waals surface area contributed by atoms with Gasteiger partial charge in [-0.15, -0.1) is 0 Å². The van der Waals surface area contributed by atoms with E-state index in [4.69, 9.17) is 40.1 Å². The summed E-state index contributed by atoms with van der Waals surface area (Å²) in [6, 6.07) is 4.86. The monoisotopic (exact) mass is 265 g/mol. The van der Waals surface area contributed by atoms with Crippen molar-refractivity contribution in [3.8, 4) is 6.07 Å². The minimum atomic E-state index is -2.12. The average Bonchev–Trinajstić information content (AvgIpc) is 2.15. The molecule has 0 aliphatic rings. The highest BCUT2D eigenvalue weighted by Crippen LogP contribution is 2.30. The molecule has 0 saturated carbocycles. The van der Waals surface area contributed by atoms with Gasteiger partial charge in [0.2, 0.25) is 5.78 Å².